The molecule has 0 aromatic carbocycles. The molecule has 1 unspecified atom stereocenters. The molecule has 0 heterocycles. The monoisotopic (exact) mass is 1160 g/mol. The number of esters is 3. The molecule has 0 radical (unpaired) electrons. The van der Waals surface area contributed by atoms with Gasteiger partial charge in [-0.3, -0.25) is 14.4 Å². The summed E-state index contributed by atoms with van der Waals surface area (Å²) in [5.74, 6) is -0.882. The third-order valence-corrected chi connectivity index (χ3v) is 15.5. The van der Waals surface area contributed by atoms with Gasteiger partial charge >= 0.3 is 17.9 Å². The second kappa shape index (κ2) is 70.8. The van der Waals surface area contributed by atoms with Gasteiger partial charge in [0, 0.05) is 19.3 Å². The molecule has 0 spiro atoms. The molecule has 6 nitrogen and oxygen atoms in total. The Bertz CT molecular complexity index is 1610. The highest BCUT2D eigenvalue weighted by Crippen LogP contribution is 2.17. The zero-order valence-corrected chi connectivity index (χ0v) is 54.9. The number of hydrogen-bond acceptors (Lipinski definition) is 6. The highest BCUT2D eigenvalue weighted by Gasteiger charge is 2.19. The summed E-state index contributed by atoms with van der Waals surface area (Å²) in [6, 6.07) is 0. The maximum absolute atomic E-state index is 12.9. The van der Waals surface area contributed by atoms with E-state index >= 15 is 0 Å². The van der Waals surface area contributed by atoms with Crippen molar-refractivity contribution in [1.82, 2.24) is 0 Å². The molecule has 0 aliphatic heterocycles. The lowest BCUT2D eigenvalue weighted by Crippen LogP contribution is -2.30. The molecule has 0 N–H and O–H groups in total. The van der Waals surface area contributed by atoms with E-state index in [1.54, 1.807) is 0 Å². The summed E-state index contributed by atoms with van der Waals surface area (Å²) in [6.45, 7) is 6.48. The lowest BCUT2D eigenvalue weighted by Gasteiger charge is -2.18. The minimum absolute atomic E-state index is 0.0795. The number of rotatable bonds is 65. The number of carbonyl (C=O) groups excluding carboxylic acids is 3. The Labute approximate surface area is 515 Å². The molecule has 0 rings (SSSR count). The molecule has 0 amide bonds. The maximum atomic E-state index is 12.9. The molecule has 0 aromatic heterocycles. The van der Waals surface area contributed by atoms with Crippen molar-refractivity contribution >= 4 is 17.9 Å². The quantitative estimate of drug-likeness (QED) is 0.0261. The van der Waals surface area contributed by atoms with Crippen LogP contribution in [0, 0.1) is 0 Å². The van der Waals surface area contributed by atoms with Crippen LogP contribution >= 0.6 is 0 Å². The van der Waals surface area contributed by atoms with Crippen molar-refractivity contribution in [3.63, 3.8) is 0 Å². The van der Waals surface area contributed by atoms with Crippen LogP contribution in [0.4, 0.5) is 0 Å². The number of unbranched alkanes of at least 4 members (excludes halogenated alkanes) is 38. The molecule has 0 bridgehead atoms. The second-order valence-electron chi connectivity index (χ2n) is 23.8. The fraction of sp³-hybridized carbons (Fsp3) is 0.753. The van der Waals surface area contributed by atoms with Gasteiger partial charge in [-0.25, -0.2) is 0 Å². The van der Waals surface area contributed by atoms with Crippen LogP contribution in [0.25, 0.3) is 0 Å². The third kappa shape index (κ3) is 69.0. The topological polar surface area (TPSA) is 78.9 Å². The summed E-state index contributed by atoms with van der Waals surface area (Å²) in [5, 5.41) is 0. The zero-order chi connectivity index (χ0) is 59.9. The summed E-state index contributed by atoms with van der Waals surface area (Å²) in [7, 11) is 0. The molecule has 0 fully saturated rings. The van der Waals surface area contributed by atoms with E-state index in [1.165, 1.54) is 199 Å². The lowest BCUT2D eigenvalue weighted by atomic mass is 10.0. The maximum Gasteiger partial charge on any atom is 0.306 e. The number of carbonyl (C=O) groups is 3. The number of allylic oxidation sites excluding steroid dienone is 16. The van der Waals surface area contributed by atoms with Crippen LogP contribution in [-0.4, -0.2) is 37.2 Å². The van der Waals surface area contributed by atoms with Crippen LogP contribution in [0.15, 0.2) is 97.2 Å². The normalized spacial score (nSPS) is 12.7. The van der Waals surface area contributed by atoms with Gasteiger partial charge in [-0.05, 0) is 116 Å². The molecule has 0 aromatic rings. The Morgan fingerprint density at radius 1 is 0.253 bits per heavy atom. The van der Waals surface area contributed by atoms with E-state index in [9.17, 15) is 14.4 Å². The van der Waals surface area contributed by atoms with Crippen molar-refractivity contribution in [2.24, 2.45) is 0 Å². The van der Waals surface area contributed by atoms with Gasteiger partial charge in [0.25, 0.3) is 0 Å². The van der Waals surface area contributed by atoms with Crippen LogP contribution in [-0.2, 0) is 28.6 Å². The number of ether oxygens (including phenoxy) is 3. The summed E-state index contributed by atoms with van der Waals surface area (Å²) in [6.07, 6.45) is 95.9. The van der Waals surface area contributed by atoms with E-state index in [4.69, 9.17) is 14.2 Å². The van der Waals surface area contributed by atoms with Gasteiger partial charge in [0.2, 0.25) is 0 Å². The Hall–Kier alpha value is -3.67. The first-order valence-electron chi connectivity index (χ1n) is 35.7. The molecule has 0 saturated heterocycles. The van der Waals surface area contributed by atoms with Crippen molar-refractivity contribution in [2.75, 3.05) is 13.2 Å². The third-order valence-electron chi connectivity index (χ3n) is 15.5. The summed E-state index contributed by atoms with van der Waals surface area (Å²) < 4.78 is 16.9. The predicted molar refractivity (Wildman–Crippen MR) is 362 cm³/mol. The molecule has 83 heavy (non-hydrogen) atoms. The van der Waals surface area contributed by atoms with E-state index in [-0.39, 0.29) is 31.1 Å². The van der Waals surface area contributed by atoms with Crippen LogP contribution in [0.5, 0.6) is 0 Å². The van der Waals surface area contributed by atoms with E-state index in [0.29, 0.717) is 19.3 Å². The van der Waals surface area contributed by atoms with Gasteiger partial charge in [-0.2, -0.15) is 0 Å². The first kappa shape index (κ1) is 79.3. The summed E-state index contributed by atoms with van der Waals surface area (Å²) in [5.41, 5.74) is 0. The van der Waals surface area contributed by atoms with Crippen molar-refractivity contribution in [1.29, 1.82) is 0 Å². The van der Waals surface area contributed by atoms with E-state index in [1.807, 2.05) is 0 Å². The average Bonchev–Trinajstić information content (AvgIpc) is 3.49. The predicted octanol–water partition coefficient (Wildman–Crippen LogP) is 24.8. The number of hydrogen-bond donors (Lipinski definition) is 0. The molecular weight excluding hydrogens is 1020 g/mol. The SMILES string of the molecule is CC/C=C\C/C=C\C/C=C\C/C=C\C/C=C\CCCCCCCCCCCCCCCCCCCCCC(=O)OCC(COC(=O)CCCCCCC/C=C\C/C=C\CCC)OC(=O)CCCCCCCCC/C=C\CCCCCCCC. The summed E-state index contributed by atoms with van der Waals surface area (Å²) in [4.78, 5) is 38.4. The fourth-order valence-electron chi connectivity index (χ4n) is 10.2. The molecular formula is C77H134O6. The van der Waals surface area contributed by atoms with Gasteiger partial charge in [0.1, 0.15) is 13.2 Å². The van der Waals surface area contributed by atoms with Gasteiger partial charge in [0.05, 0.1) is 0 Å². The highest BCUT2D eigenvalue weighted by molar-refractivity contribution is 5.71. The Morgan fingerprint density at radius 3 is 0.795 bits per heavy atom. The minimum atomic E-state index is -0.784. The lowest BCUT2D eigenvalue weighted by molar-refractivity contribution is -0.167. The van der Waals surface area contributed by atoms with Crippen molar-refractivity contribution in [2.45, 2.75) is 361 Å². The highest BCUT2D eigenvalue weighted by atomic mass is 16.6. The van der Waals surface area contributed by atoms with Crippen LogP contribution in [0.2, 0.25) is 0 Å². The van der Waals surface area contributed by atoms with Gasteiger partial charge in [-0.1, -0.05) is 317 Å². The fourth-order valence-corrected chi connectivity index (χ4v) is 10.2. The first-order valence-corrected chi connectivity index (χ1v) is 35.7. The average molecular weight is 1160 g/mol. The Kier molecular flexibility index (Phi) is 67.7. The second-order valence-corrected chi connectivity index (χ2v) is 23.8. The van der Waals surface area contributed by atoms with E-state index < -0.39 is 6.10 Å². The standard InChI is InChI=1S/C77H134O6/c1-4-7-10-13-16-19-22-25-27-29-30-31-32-33-34-35-36-37-38-39-40-41-42-43-44-45-46-48-49-52-55-58-61-64-67-70-76(79)82-73-74(72-81-75(78)69-66-63-60-57-54-51-24-21-18-15-12-9-6-3)83-77(80)71-68-65-62-59-56-53-50-47-28-26-23-20-17-14-11-8-5-2/h7,10,12,15-16,19,21,24-28,30-31,33-34,74H,4-6,8-9,11,13-14,17-18,20,22-23,29,32,35-73H2,1-3H3/b10-7-,15-12-,19-16-,24-21-,27-25-,28-26-,31-30-,34-33-. The zero-order valence-electron chi connectivity index (χ0n) is 54.9. The molecule has 1 atom stereocenters. The molecule has 478 valence electrons. The Morgan fingerprint density at radius 2 is 0.494 bits per heavy atom. The first-order chi connectivity index (χ1) is 41.0. The largest absolute Gasteiger partial charge is 0.462 e. The van der Waals surface area contributed by atoms with Crippen LogP contribution in [0.1, 0.15) is 355 Å². The van der Waals surface area contributed by atoms with Crippen molar-refractivity contribution in [3.05, 3.63) is 97.2 Å². The van der Waals surface area contributed by atoms with Gasteiger partial charge in [-0.15, -0.1) is 0 Å². The Balaban J connectivity index is 4.13. The molecule has 0 saturated carbocycles. The summed E-state index contributed by atoms with van der Waals surface area (Å²) >= 11 is 0. The molecule has 6 heteroatoms. The molecule has 0 aliphatic carbocycles. The van der Waals surface area contributed by atoms with E-state index in [2.05, 4.69) is 118 Å². The van der Waals surface area contributed by atoms with Crippen LogP contribution in [0.3, 0.4) is 0 Å². The van der Waals surface area contributed by atoms with Crippen LogP contribution < -0.4 is 0 Å². The smallest absolute Gasteiger partial charge is 0.306 e. The van der Waals surface area contributed by atoms with E-state index in [0.717, 1.165) is 116 Å². The van der Waals surface area contributed by atoms with Crippen molar-refractivity contribution < 1.29 is 28.6 Å². The van der Waals surface area contributed by atoms with Gasteiger partial charge in [0.15, 0.2) is 6.10 Å². The minimum Gasteiger partial charge on any atom is -0.462 e. The van der Waals surface area contributed by atoms with Gasteiger partial charge < -0.3 is 14.2 Å². The molecule has 0 aliphatic rings. The van der Waals surface area contributed by atoms with Crippen molar-refractivity contribution in [3.8, 4) is 0 Å².